The van der Waals surface area contributed by atoms with Crippen molar-refractivity contribution in [1.82, 2.24) is 9.80 Å². The van der Waals surface area contributed by atoms with E-state index >= 15 is 0 Å². The van der Waals surface area contributed by atoms with Gasteiger partial charge < -0.3 is 24.0 Å². The highest BCUT2D eigenvalue weighted by molar-refractivity contribution is 6.43. The van der Waals surface area contributed by atoms with Crippen molar-refractivity contribution in [2.75, 3.05) is 64.1 Å². The Hall–Kier alpha value is -2.68. The van der Waals surface area contributed by atoms with E-state index in [1.807, 2.05) is 35.2 Å². The number of piperazine rings is 1. The predicted octanol–water partition coefficient (Wildman–Crippen LogP) is 11.1. The molecular weight excluding hydrogens is 683 g/mol. The number of unbranched alkanes of at least 4 members (excludes halogenated alkanes) is 11. The molecular formula is C41H62Cl2N4O4. The van der Waals surface area contributed by atoms with Crippen molar-refractivity contribution in [3.8, 4) is 5.75 Å². The molecule has 0 saturated carbocycles. The lowest BCUT2D eigenvalue weighted by molar-refractivity contribution is 0.0270. The Morgan fingerprint density at radius 1 is 0.784 bits per heavy atom. The number of rotatable bonds is 23. The van der Waals surface area contributed by atoms with Gasteiger partial charge in [-0.05, 0) is 62.4 Å². The van der Waals surface area contributed by atoms with Crippen LogP contribution < -0.4 is 9.64 Å². The maximum Gasteiger partial charge on any atom is 0.412 e. The van der Waals surface area contributed by atoms with Crippen LogP contribution >= 0.6 is 23.2 Å². The van der Waals surface area contributed by atoms with Gasteiger partial charge in [0.05, 0.1) is 28.0 Å². The molecule has 0 aromatic heterocycles. The minimum atomic E-state index is -0.283. The van der Waals surface area contributed by atoms with Gasteiger partial charge in [0, 0.05) is 51.8 Å². The molecule has 2 aromatic carbocycles. The number of hydrogen-bond acceptors (Lipinski definition) is 7. The summed E-state index contributed by atoms with van der Waals surface area (Å²) in [5.41, 5.74) is 3.06. The molecule has 8 nitrogen and oxygen atoms in total. The maximum absolute atomic E-state index is 13.0. The summed E-state index contributed by atoms with van der Waals surface area (Å²) in [6.45, 7) is 11.5. The number of aryl methyl sites for hydroxylation is 1. The minimum Gasteiger partial charge on any atom is -0.494 e. The summed E-state index contributed by atoms with van der Waals surface area (Å²) in [5.74, 6) is 1.42. The van der Waals surface area contributed by atoms with Gasteiger partial charge in [0.2, 0.25) is 6.79 Å². The molecule has 10 heteroatoms. The second kappa shape index (κ2) is 23.8. The molecule has 0 unspecified atom stereocenters. The Morgan fingerprint density at radius 2 is 1.47 bits per heavy atom. The van der Waals surface area contributed by atoms with Crippen LogP contribution in [0.4, 0.5) is 16.2 Å². The Balaban J connectivity index is 1.14. The zero-order valence-electron chi connectivity index (χ0n) is 31.3. The molecule has 1 fully saturated rings. The summed E-state index contributed by atoms with van der Waals surface area (Å²) in [4.78, 5) is 24.5. The van der Waals surface area contributed by atoms with Crippen molar-refractivity contribution in [3.63, 3.8) is 0 Å². The Kier molecular flexibility index (Phi) is 19.2. The van der Waals surface area contributed by atoms with Gasteiger partial charge in [0.15, 0.2) is 5.90 Å². The molecule has 1 amide bonds. The first-order valence-electron chi connectivity index (χ1n) is 19.8. The maximum atomic E-state index is 13.0. The van der Waals surface area contributed by atoms with Gasteiger partial charge in [-0.2, -0.15) is 0 Å². The fourth-order valence-electron chi connectivity index (χ4n) is 6.76. The zero-order chi connectivity index (χ0) is 36.1. The smallest absolute Gasteiger partial charge is 0.412 e. The lowest BCUT2D eigenvalue weighted by atomic mass is 10.0. The second-order valence-electron chi connectivity index (χ2n) is 13.9. The number of benzene rings is 2. The highest BCUT2D eigenvalue weighted by atomic mass is 35.5. The lowest BCUT2D eigenvalue weighted by Gasteiger charge is -2.36. The van der Waals surface area contributed by atoms with Crippen molar-refractivity contribution in [2.24, 2.45) is 4.99 Å². The molecule has 0 bridgehead atoms. The number of ether oxygens (including phenoxy) is 3. The topological polar surface area (TPSA) is 66.8 Å². The summed E-state index contributed by atoms with van der Waals surface area (Å²) >= 11 is 12.7. The van der Waals surface area contributed by atoms with E-state index in [2.05, 4.69) is 29.7 Å². The van der Waals surface area contributed by atoms with E-state index < -0.39 is 0 Å². The number of halogens is 2. The van der Waals surface area contributed by atoms with Crippen LogP contribution in [-0.2, 0) is 15.9 Å². The third-order valence-electron chi connectivity index (χ3n) is 9.92. The van der Waals surface area contributed by atoms with Gasteiger partial charge in [-0.3, -0.25) is 4.90 Å². The van der Waals surface area contributed by atoms with E-state index in [9.17, 15) is 4.79 Å². The molecule has 0 N–H and O–H groups in total. The van der Waals surface area contributed by atoms with Crippen molar-refractivity contribution in [1.29, 1.82) is 0 Å². The average molecular weight is 746 g/mol. The molecule has 2 aromatic rings. The van der Waals surface area contributed by atoms with E-state index in [4.69, 9.17) is 42.4 Å². The summed E-state index contributed by atoms with van der Waals surface area (Å²) < 4.78 is 17.6. The number of carbonyl (C=O) groups excluding carboxylic acids is 1. The quantitative estimate of drug-likeness (QED) is 0.0833. The van der Waals surface area contributed by atoms with Gasteiger partial charge in [-0.15, -0.1) is 0 Å². The Labute approximate surface area is 317 Å². The van der Waals surface area contributed by atoms with E-state index in [0.29, 0.717) is 29.0 Å². The van der Waals surface area contributed by atoms with Gasteiger partial charge in [-0.1, -0.05) is 113 Å². The number of anilines is 1. The van der Waals surface area contributed by atoms with E-state index in [0.717, 1.165) is 108 Å². The molecule has 51 heavy (non-hydrogen) atoms. The highest BCUT2D eigenvalue weighted by Crippen LogP contribution is 2.33. The molecule has 284 valence electrons. The summed E-state index contributed by atoms with van der Waals surface area (Å²) in [6, 6.07) is 12.0. The molecule has 4 rings (SSSR count). The summed E-state index contributed by atoms with van der Waals surface area (Å²) in [6.07, 6.45) is 17.7. The monoisotopic (exact) mass is 744 g/mol. The van der Waals surface area contributed by atoms with E-state index in [1.54, 1.807) is 0 Å². The summed E-state index contributed by atoms with van der Waals surface area (Å²) in [7, 11) is 0. The van der Waals surface area contributed by atoms with Crippen molar-refractivity contribution in [3.05, 3.63) is 52.0 Å². The van der Waals surface area contributed by atoms with Crippen LogP contribution in [0.2, 0.25) is 10.0 Å². The molecule has 2 heterocycles. The average Bonchev–Trinajstić information content (AvgIpc) is 3.14. The molecule has 0 radical (unpaired) electrons. The fraction of sp³-hybridized carbons (Fsp3) is 0.659. The van der Waals surface area contributed by atoms with Crippen molar-refractivity contribution in [2.45, 2.75) is 117 Å². The van der Waals surface area contributed by atoms with Gasteiger partial charge >= 0.3 is 6.09 Å². The first kappa shape index (κ1) is 41.1. The number of amides is 1. The van der Waals surface area contributed by atoms with Crippen LogP contribution in [0.25, 0.3) is 0 Å². The van der Waals surface area contributed by atoms with E-state index in [1.165, 1.54) is 56.9 Å². The Morgan fingerprint density at radius 3 is 2.18 bits per heavy atom. The number of carbonyl (C=O) groups is 1. The van der Waals surface area contributed by atoms with Gasteiger partial charge in [0.25, 0.3) is 0 Å². The fourth-order valence-corrected chi connectivity index (χ4v) is 7.18. The van der Waals surface area contributed by atoms with Crippen LogP contribution in [0.3, 0.4) is 0 Å². The Bertz CT molecular complexity index is 1320. The minimum absolute atomic E-state index is 0.115. The number of hydrogen-bond donors (Lipinski definition) is 0. The van der Waals surface area contributed by atoms with Gasteiger partial charge in [-0.25, -0.2) is 9.79 Å². The molecule has 0 atom stereocenters. The van der Waals surface area contributed by atoms with Crippen molar-refractivity contribution < 1.29 is 19.0 Å². The van der Waals surface area contributed by atoms with Crippen LogP contribution in [0.1, 0.15) is 116 Å². The number of fused-ring (bicyclic) bond motifs is 1. The number of aliphatic imine (C=N–C) groups is 1. The van der Waals surface area contributed by atoms with Crippen molar-refractivity contribution >= 4 is 46.6 Å². The van der Waals surface area contributed by atoms with Crippen LogP contribution in [0.5, 0.6) is 5.75 Å². The second-order valence-corrected chi connectivity index (χ2v) is 14.7. The first-order chi connectivity index (χ1) is 25.0. The largest absolute Gasteiger partial charge is 0.494 e. The standard InChI is InChI=1S/C41H62Cl2N4O4/c1-3-5-7-9-11-13-25-47(26-14-12-10-8-6-4-2)41(48)51-33-50-39-23-21-34-20-22-35(32-37(34)44-39)49-31-16-15-24-45-27-29-46(30-28-45)38-19-17-18-36(42)40(38)43/h17-20,22,32H,3-16,21,23-31,33H2,1-2H3. The molecule has 2 aliphatic heterocycles. The lowest BCUT2D eigenvalue weighted by Crippen LogP contribution is -2.46. The third-order valence-corrected chi connectivity index (χ3v) is 10.7. The zero-order valence-corrected chi connectivity index (χ0v) is 32.8. The van der Waals surface area contributed by atoms with Crippen LogP contribution in [0, 0.1) is 0 Å². The van der Waals surface area contributed by atoms with Gasteiger partial charge in [0.1, 0.15) is 5.75 Å². The molecule has 0 spiro atoms. The SMILES string of the molecule is CCCCCCCCN(CCCCCCCC)C(=O)OCOC1=Nc2cc(OCCCCN3CCN(c4cccc(Cl)c4Cl)CC3)ccc2CC1. The van der Waals surface area contributed by atoms with E-state index in [-0.39, 0.29) is 12.9 Å². The first-order valence-corrected chi connectivity index (χ1v) is 20.5. The molecule has 2 aliphatic rings. The molecule has 0 aliphatic carbocycles. The molecule has 1 saturated heterocycles. The van der Waals surface area contributed by atoms with Crippen LogP contribution in [-0.4, -0.2) is 81.0 Å². The highest BCUT2D eigenvalue weighted by Gasteiger charge is 2.20. The normalized spacial score (nSPS) is 14.6. The number of nitrogens with zero attached hydrogens (tertiary/aromatic N) is 4. The summed E-state index contributed by atoms with van der Waals surface area (Å²) in [5, 5.41) is 1.25. The van der Waals surface area contributed by atoms with Crippen LogP contribution in [0.15, 0.2) is 41.4 Å². The third kappa shape index (κ3) is 14.7. The predicted molar refractivity (Wildman–Crippen MR) is 212 cm³/mol.